The van der Waals surface area contributed by atoms with E-state index in [0.29, 0.717) is 32.4 Å². The van der Waals surface area contributed by atoms with E-state index >= 15 is 0 Å². The summed E-state index contributed by atoms with van der Waals surface area (Å²) in [4.78, 5) is 24.9. The SMILES string of the molecule is CCC(CN)CC(=O)N1CCC(C(=O)O)CC1C. The molecule has 1 rings (SSSR count). The smallest absolute Gasteiger partial charge is 0.306 e. The largest absolute Gasteiger partial charge is 0.481 e. The molecule has 5 heteroatoms. The van der Waals surface area contributed by atoms with Gasteiger partial charge in [-0.05, 0) is 32.2 Å². The van der Waals surface area contributed by atoms with Crippen LogP contribution in [0.1, 0.15) is 39.5 Å². The first-order valence-electron chi connectivity index (χ1n) is 6.71. The first-order valence-corrected chi connectivity index (χ1v) is 6.71. The monoisotopic (exact) mass is 256 g/mol. The highest BCUT2D eigenvalue weighted by molar-refractivity contribution is 5.77. The van der Waals surface area contributed by atoms with Gasteiger partial charge in [-0.15, -0.1) is 0 Å². The van der Waals surface area contributed by atoms with Crippen LogP contribution in [-0.4, -0.2) is 41.0 Å². The minimum absolute atomic E-state index is 0.0163. The Morgan fingerprint density at radius 3 is 2.61 bits per heavy atom. The molecule has 0 saturated carbocycles. The van der Waals surface area contributed by atoms with Crippen molar-refractivity contribution in [2.24, 2.45) is 17.6 Å². The van der Waals surface area contributed by atoms with Crippen LogP contribution in [0.4, 0.5) is 0 Å². The van der Waals surface area contributed by atoms with Crippen LogP contribution >= 0.6 is 0 Å². The molecule has 3 N–H and O–H groups in total. The number of piperidine rings is 1. The molecule has 1 saturated heterocycles. The van der Waals surface area contributed by atoms with E-state index in [2.05, 4.69) is 0 Å². The van der Waals surface area contributed by atoms with Crippen LogP contribution in [0.15, 0.2) is 0 Å². The van der Waals surface area contributed by atoms with Crippen LogP contribution in [0.5, 0.6) is 0 Å². The molecule has 0 aliphatic carbocycles. The molecule has 1 aliphatic heterocycles. The maximum absolute atomic E-state index is 12.1. The van der Waals surface area contributed by atoms with Crippen molar-refractivity contribution in [3.8, 4) is 0 Å². The van der Waals surface area contributed by atoms with Crippen LogP contribution in [-0.2, 0) is 9.59 Å². The summed E-state index contributed by atoms with van der Waals surface area (Å²) in [6, 6.07) is 0.0163. The maximum Gasteiger partial charge on any atom is 0.306 e. The van der Waals surface area contributed by atoms with Crippen LogP contribution in [0.2, 0.25) is 0 Å². The first-order chi connectivity index (χ1) is 8.49. The summed E-state index contributed by atoms with van der Waals surface area (Å²) in [5.41, 5.74) is 5.61. The molecule has 1 amide bonds. The van der Waals surface area contributed by atoms with E-state index in [1.165, 1.54) is 0 Å². The van der Waals surface area contributed by atoms with Gasteiger partial charge in [-0.1, -0.05) is 13.3 Å². The number of hydrogen-bond acceptors (Lipinski definition) is 3. The summed E-state index contributed by atoms with van der Waals surface area (Å²) in [6.07, 6.45) is 2.50. The van der Waals surface area contributed by atoms with Crippen molar-refractivity contribution in [1.29, 1.82) is 0 Å². The number of likely N-dealkylation sites (tertiary alicyclic amines) is 1. The average molecular weight is 256 g/mol. The fourth-order valence-corrected chi connectivity index (χ4v) is 2.53. The summed E-state index contributed by atoms with van der Waals surface area (Å²) in [6.45, 7) is 5.04. The van der Waals surface area contributed by atoms with Crippen LogP contribution in [0.25, 0.3) is 0 Å². The van der Waals surface area contributed by atoms with Gasteiger partial charge in [-0.25, -0.2) is 0 Å². The van der Waals surface area contributed by atoms with Gasteiger partial charge >= 0.3 is 5.97 Å². The predicted octanol–water partition coefficient (Wildman–Crippen LogP) is 1.07. The number of hydrogen-bond donors (Lipinski definition) is 2. The predicted molar refractivity (Wildman–Crippen MR) is 69.0 cm³/mol. The summed E-state index contributed by atoms with van der Waals surface area (Å²) < 4.78 is 0. The Kier molecular flexibility index (Phi) is 5.59. The molecule has 3 unspecified atom stereocenters. The molecule has 18 heavy (non-hydrogen) atoms. The Morgan fingerprint density at radius 2 is 2.17 bits per heavy atom. The van der Waals surface area contributed by atoms with E-state index in [4.69, 9.17) is 10.8 Å². The van der Waals surface area contributed by atoms with Crippen LogP contribution < -0.4 is 5.73 Å². The Bertz CT molecular complexity index is 303. The number of aliphatic carboxylic acids is 1. The van der Waals surface area contributed by atoms with E-state index in [1.807, 2.05) is 18.7 Å². The molecule has 3 atom stereocenters. The van der Waals surface area contributed by atoms with Gasteiger partial charge in [0.05, 0.1) is 5.92 Å². The number of rotatable bonds is 5. The van der Waals surface area contributed by atoms with Gasteiger partial charge in [0.25, 0.3) is 0 Å². The lowest BCUT2D eigenvalue weighted by molar-refractivity contribution is -0.147. The van der Waals surface area contributed by atoms with Crippen molar-refractivity contribution in [2.45, 2.75) is 45.6 Å². The van der Waals surface area contributed by atoms with Crippen molar-refractivity contribution in [3.63, 3.8) is 0 Å². The fraction of sp³-hybridized carbons (Fsp3) is 0.846. The highest BCUT2D eigenvalue weighted by atomic mass is 16.4. The summed E-state index contributed by atoms with van der Waals surface area (Å²) >= 11 is 0. The maximum atomic E-state index is 12.1. The van der Waals surface area contributed by atoms with E-state index < -0.39 is 5.97 Å². The zero-order valence-corrected chi connectivity index (χ0v) is 11.3. The fourth-order valence-electron chi connectivity index (χ4n) is 2.53. The second kappa shape index (κ2) is 6.73. The van der Waals surface area contributed by atoms with E-state index in [1.54, 1.807) is 0 Å². The van der Waals surface area contributed by atoms with E-state index in [-0.39, 0.29) is 23.8 Å². The van der Waals surface area contributed by atoms with Gasteiger partial charge in [0.2, 0.25) is 5.91 Å². The highest BCUT2D eigenvalue weighted by Crippen LogP contribution is 2.24. The van der Waals surface area contributed by atoms with Crippen LogP contribution in [0, 0.1) is 11.8 Å². The second-order valence-corrected chi connectivity index (χ2v) is 5.21. The molecular formula is C13H24N2O3. The number of nitrogens with zero attached hydrogens (tertiary/aromatic N) is 1. The van der Waals surface area contributed by atoms with Gasteiger partial charge in [0, 0.05) is 19.0 Å². The number of carboxylic acids is 1. The minimum Gasteiger partial charge on any atom is -0.481 e. The molecule has 104 valence electrons. The first kappa shape index (κ1) is 15.0. The third kappa shape index (κ3) is 3.70. The number of carboxylic acid groups (broad SMARTS) is 1. The molecule has 1 fully saturated rings. The Labute approximate surface area is 108 Å². The Hall–Kier alpha value is -1.10. The number of carbonyl (C=O) groups is 2. The zero-order valence-electron chi connectivity index (χ0n) is 11.3. The molecule has 0 aromatic carbocycles. The zero-order chi connectivity index (χ0) is 13.7. The normalized spacial score (nSPS) is 25.8. The Balaban J connectivity index is 2.52. The second-order valence-electron chi connectivity index (χ2n) is 5.21. The molecule has 1 aliphatic rings. The number of nitrogens with two attached hydrogens (primary N) is 1. The van der Waals surface area contributed by atoms with Crippen molar-refractivity contribution < 1.29 is 14.7 Å². The van der Waals surface area contributed by atoms with Gasteiger partial charge < -0.3 is 15.7 Å². The van der Waals surface area contributed by atoms with Gasteiger partial charge in [-0.3, -0.25) is 9.59 Å². The van der Waals surface area contributed by atoms with Gasteiger partial charge in [-0.2, -0.15) is 0 Å². The summed E-state index contributed by atoms with van der Waals surface area (Å²) in [7, 11) is 0. The lowest BCUT2D eigenvalue weighted by Crippen LogP contribution is -2.46. The van der Waals surface area contributed by atoms with E-state index in [0.717, 1.165) is 6.42 Å². The van der Waals surface area contributed by atoms with Crippen molar-refractivity contribution >= 4 is 11.9 Å². The van der Waals surface area contributed by atoms with Gasteiger partial charge in [0.15, 0.2) is 0 Å². The molecule has 0 aromatic rings. The lowest BCUT2D eigenvalue weighted by atomic mass is 9.91. The average Bonchev–Trinajstić information content (AvgIpc) is 2.35. The van der Waals surface area contributed by atoms with Crippen LogP contribution in [0.3, 0.4) is 0 Å². The third-order valence-corrected chi connectivity index (χ3v) is 3.92. The molecule has 0 radical (unpaired) electrons. The molecule has 0 spiro atoms. The number of carbonyl (C=O) groups excluding carboxylic acids is 1. The highest BCUT2D eigenvalue weighted by Gasteiger charge is 2.32. The summed E-state index contributed by atoms with van der Waals surface area (Å²) in [5, 5.41) is 8.98. The lowest BCUT2D eigenvalue weighted by Gasteiger charge is -2.37. The van der Waals surface area contributed by atoms with Crippen molar-refractivity contribution in [1.82, 2.24) is 4.90 Å². The van der Waals surface area contributed by atoms with Crippen molar-refractivity contribution in [2.75, 3.05) is 13.1 Å². The van der Waals surface area contributed by atoms with Gasteiger partial charge in [0.1, 0.15) is 0 Å². The number of amides is 1. The summed E-state index contributed by atoms with van der Waals surface area (Å²) in [5.74, 6) is -0.701. The molecule has 1 heterocycles. The Morgan fingerprint density at radius 1 is 1.50 bits per heavy atom. The quantitative estimate of drug-likeness (QED) is 0.770. The standard InChI is InChI=1S/C13H24N2O3/c1-3-10(8-14)7-12(16)15-5-4-11(13(17)18)6-9(15)2/h9-11H,3-8,14H2,1-2H3,(H,17,18). The molecule has 0 bridgehead atoms. The third-order valence-electron chi connectivity index (χ3n) is 3.92. The topological polar surface area (TPSA) is 83.6 Å². The molecule has 5 nitrogen and oxygen atoms in total. The molecular weight excluding hydrogens is 232 g/mol. The molecule has 0 aromatic heterocycles. The minimum atomic E-state index is -0.748. The van der Waals surface area contributed by atoms with E-state index in [9.17, 15) is 9.59 Å². The van der Waals surface area contributed by atoms with Crippen molar-refractivity contribution in [3.05, 3.63) is 0 Å².